The highest BCUT2D eigenvalue weighted by Gasteiger charge is 2.21. The molecule has 2 heterocycles. The first-order valence-corrected chi connectivity index (χ1v) is 10.8. The number of rotatable bonds is 5. The molecular weight excluding hydrogens is 402 g/mol. The van der Waals surface area contributed by atoms with Crippen LogP contribution in [0.2, 0.25) is 0 Å². The molecule has 2 N–H and O–H groups in total. The van der Waals surface area contributed by atoms with Crippen LogP contribution in [-0.4, -0.2) is 20.7 Å². The molecule has 0 radical (unpaired) electrons. The lowest BCUT2D eigenvalue weighted by atomic mass is 10.2. The standard InChI is InChI=1S/C22H19N3O2S2/c1-13-8-6-7-11-17(13)25-21(27)16-12-18(15-9-4-3-5-10-15)29-20(16)24-22(25)28-14(2)19(23)26/h3-12,14H,1-2H3,(H2,23,26). The summed E-state index contributed by atoms with van der Waals surface area (Å²) in [4.78, 5) is 31.5. The van der Waals surface area contributed by atoms with E-state index in [1.165, 1.54) is 23.1 Å². The Hall–Kier alpha value is -2.90. The van der Waals surface area contributed by atoms with Crippen LogP contribution in [0, 0.1) is 6.92 Å². The van der Waals surface area contributed by atoms with Gasteiger partial charge in [0.2, 0.25) is 5.91 Å². The summed E-state index contributed by atoms with van der Waals surface area (Å²) in [5.41, 5.74) is 8.04. The molecule has 0 saturated heterocycles. The first-order chi connectivity index (χ1) is 14.0. The summed E-state index contributed by atoms with van der Waals surface area (Å²) >= 11 is 2.67. The number of para-hydroxylation sites is 1. The largest absolute Gasteiger partial charge is 0.369 e. The number of carbonyl (C=O) groups excluding carboxylic acids is 1. The van der Waals surface area contributed by atoms with Crippen molar-refractivity contribution in [1.29, 1.82) is 0 Å². The molecule has 0 fully saturated rings. The molecule has 2 aromatic heterocycles. The zero-order valence-electron chi connectivity index (χ0n) is 16.0. The molecule has 4 aromatic rings. The number of fused-ring (bicyclic) bond motifs is 1. The monoisotopic (exact) mass is 421 g/mol. The van der Waals surface area contributed by atoms with Crippen molar-refractivity contribution < 1.29 is 4.79 Å². The Morgan fingerprint density at radius 3 is 2.52 bits per heavy atom. The smallest absolute Gasteiger partial charge is 0.267 e. The highest BCUT2D eigenvalue weighted by atomic mass is 32.2. The number of primary amides is 1. The van der Waals surface area contributed by atoms with Crippen molar-refractivity contribution in [2.24, 2.45) is 5.73 Å². The number of aryl methyl sites for hydroxylation is 1. The third kappa shape index (κ3) is 3.71. The van der Waals surface area contributed by atoms with Crippen LogP contribution >= 0.6 is 23.1 Å². The molecule has 1 amide bonds. The van der Waals surface area contributed by atoms with E-state index in [2.05, 4.69) is 0 Å². The van der Waals surface area contributed by atoms with Crippen molar-refractivity contribution in [2.45, 2.75) is 24.3 Å². The number of hydrogen-bond acceptors (Lipinski definition) is 5. The molecule has 1 unspecified atom stereocenters. The summed E-state index contributed by atoms with van der Waals surface area (Å²) < 4.78 is 1.59. The normalized spacial score (nSPS) is 12.2. The second-order valence-corrected chi connectivity index (χ2v) is 9.02. The Labute approximate surface area is 176 Å². The molecule has 0 bridgehead atoms. The van der Waals surface area contributed by atoms with Gasteiger partial charge in [-0.25, -0.2) is 4.98 Å². The number of aromatic nitrogens is 2. The summed E-state index contributed by atoms with van der Waals surface area (Å²) in [6, 6.07) is 19.4. The van der Waals surface area contributed by atoms with Crippen LogP contribution in [0.5, 0.6) is 0 Å². The van der Waals surface area contributed by atoms with Crippen LogP contribution in [0.3, 0.4) is 0 Å². The minimum absolute atomic E-state index is 0.151. The van der Waals surface area contributed by atoms with Gasteiger partial charge < -0.3 is 5.73 Å². The molecule has 2 aromatic carbocycles. The molecule has 0 aliphatic carbocycles. The van der Waals surface area contributed by atoms with E-state index in [1.807, 2.05) is 67.6 Å². The molecule has 146 valence electrons. The Morgan fingerprint density at radius 1 is 1.14 bits per heavy atom. The first-order valence-electron chi connectivity index (χ1n) is 9.09. The van der Waals surface area contributed by atoms with Gasteiger partial charge in [0.25, 0.3) is 5.56 Å². The highest BCUT2D eigenvalue weighted by Crippen LogP contribution is 2.33. The lowest BCUT2D eigenvalue weighted by molar-refractivity contribution is -0.117. The summed E-state index contributed by atoms with van der Waals surface area (Å²) in [7, 11) is 0. The minimum Gasteiger partial charge on any atom is -0.369 e. The van der Waals surface area contributed by atoms with Crippen molar-refractivity contribution in [3.63, 3.8) is 0 Å². The lowest BCUT2D eigenvalue weighted by Gasteiger charge is -2.15. The SMILES string of the molecule is Cc1ccccc1-n1c(SC(C)C(N)=O)nc2sc(-c3ccccc3)cc2c1=O. The summed E-state index contributed by atoms with van der Waals surface area (Å²) in [6.45, 7) is 3.66. The first kappa shape index (κ1) is 19.4. The molecule has 0 aliphatic heterocycles. The van der Waals surface area contributed by atoms with Crippen molar-refractivity contribution in [3.8, 4) is 16.1 Å². The molecule has 1 atom stereocenters. The molecule has 5 nitrogen and oxygen atoms in total. The third-order valence-electron chi connectivity index (χ3n) is 4.63. The second kappa shape index (κ2) is 7.85. The van der Waals surface area contributed by atoms with Crippen molar-refractivity contribution in [2.75, 3.05) is 0 Å². The van der Waals surface area contributed by atoms with E-state index in [0.29, 0.717) is 15.4 Å². The highest BCUT2D eigenvalue weighted by molar-refractivity contribution is 8.00. The maximum absolute atomic E-state index is 13.5. The van der Waals surface area contributed by atoms with Gasteiger partial charge in [-0.1, -0.05) is 60.3 Å². The van der Waals surface area contributed by atoms with E-state index in [4.69, 9.17) is 10.7 Å². The summed E-state index contributed by atoms with van der Waals surface area (Å²) in [6.07, 6.45) is 0. The molecule has 29 heavy (non-hydrogen) atoms. The van der Waals surface area contributed by atoms with Crippen LogP contribution in [0.15, 0.2) is 70.6 Å². The van der Waals surface area contributed by atoms with Gasteiger partial charge in [-0.2, -0.15) is 0 Å². The number of carbonyl (C=O) groups is 1. The number of nitrogens with zero attached hydrogens (tertiary/aromatic N) is 2. The quantitative estimate of drug-likeness (QED) is 0.383. The molecule has 0 saturated carbocycles. The van der Waals surface area contributed by atoms with Crippen LogP contribution in [-0.2, 0) is 4.79 Å². The molecular formula is C22H19N3O2S2. The Morgan fingerprint density at radius 2 is 1.83 bits per heavy atom. The topological polar surface area (TPSA) is 78.0 Å². The number of nitrogens with two attached hydrogens (primary N) is 1. The maximum Gasteiger partial charge on any atom is 0.267 e. The van der Waals surface area contributed by atoms with Crippen LogP contribution < -0.4 is 11.3 Å². The maximum atomic E-state index is 13.5. The second-order valence-electron chi connectivity index (χ2n) is 6.68. The van der Waals surface area contributed by atoms with E-state index in [-0.39, 0.29) is 5.56 Å². The fraction of sp³-hybridized carbons (Fsp3) is 0.136. The number of benzene rings is 2. The van der Waals surface area contributed by atoms with Crippen LogP contribution in [0.1, 0.15) is 12.5 Å². The van der Waals surface area contributed by atoms with Crippen LogP contribution in [0.25, 0.3) is 26.3 Å². The van der Waals surface area contributed by atoms with Gasteiger partial charge >= 0.3 is 0 Å². The van der Waals surface area contributed by atoms with E-state index in [0.717, 1.165) is 21.7 Å². The number of hydrogen-bond donors (Lipinski definition) is 1. The summed E-state index contributed by atoms with van der Waals surface area (Å²) in [5, 5.41) is 0.515. The van der Waals surface area contributed by atoms with Gasteiger partial charge in [0.05, 0.1) is 16.3 Å². The van der Waals surface area contributed by atoms with Gasteiger partial charge in [-0.05, 0) is 37.1 Å². The average molecular weight is 422 g/mol. The Balaban J connectivity index is 1.98. The van der Waals surface area contributed by atoms with Crippen molar-refractivity contribution in [3.05, 3.63) is 76.6 Å². The van der Waals surface area contributed by atoms with Gasteiger partial charge in [-0.3, -0.25) is 14.2 Å². The van der Waals surface area contributed by atoms with E-state index in [9.17, 15) is 9.59 Å². The summed E-state index contributed by atoms with van der Waals surface area (Å²) in [5.74, 6) is -0.447. The van der Waals surface area contributed by atoms with E-state index < -0.39 is 11.2 Å². The van der Waals surface area contributed by atoms with E-state index in [1.54, 1.807) is 11.5 Å². The zero-order chi connectivity index (χ0) is 20.5. The third-order valence-corrected chi connectivity index (χ3v) is 6.78. The molecule has 0 aliphatic rings. The lowest BCUT2D eigenvalue weighted by Crippen LogP contribution is -2.26. The van der Waals surface area contributed by atoms with Gasteiger partial charge in [0, 0.05) is 4.88 Å². The Bertz CT molecular complexity index is 1260. The van der Waals surface area contributed by atoms with Gasteiger partial charge in [-0.15, -0.1) is 11.3 Å². The fourth-order valence-corrected chi connectivity index (χ4v) is 4.98. The van der Waals surface area contributed by atoms with Crippen LogP contribution in [0.4, 0.5) is 0 Å². The van der Waals surface area contributed by atoms with Crippen molar-refractivity contribution >= 4 is 39.2 Å². The van der Waals surface area contributed by atoms with Gasteiger partial charge in [0.1, 0.15) is 4.83 Å². The number of amides is 1. The number of thioether (sulfide) groups is 1. The number of thiophene rings is 1. The van der Waals surface area contributed by atoms with Crippen molar-refractivity contribution in [1.82, 2.24) is 9.55 Å². The fourth-order valence-electron chi connectivity index (χ4n) is 3.03. The van der Waals surface area contributed by atoms with Gasteiger partial charge in [0.15, 0.2) is 5.16 Å². The van der Waals surface area contributed by atoms with E-state index >= 15 is 0 Å². The molecule has 4 rings (SSSR count). The molecule has 0 spiro atoms. The minimum atomic E-state index is -0.511. The zero-order valence-corrected chi connectivity index (χ0v) is 17.6. The molecule has 7 heteroatoms. The average Bonchev–Trinajstić information content (AvgIpc) is 3.14. The predicted octanol–water partition coefficient (Wildman–Crippen LogP) is 4.39. The Kier molecular flexibility index (Phi) is 5.25. The predicted molar refractivity (Wildman–Crippen MR) is 120 cm³/mol.